The average molecular weight is 248 g/mol. The number of carbonyl (C=O) groups excluding carboxylic acids is 1. The van der Waals surface area contributed by atoms with Gasteiger partial charge >= 0.3 is 12.0 Å². The summed E-state index contributed by atoms with van der Waals surface area (Å²) in [6.45, 7) is 1.00. The van der Waals surface area contributed by atoms with Gasteiger partial charge in [-0.25, -0.2) is 4.79 Å². The molecule has 0 radical (unpaired) electrons. The van der Waals surface area contributed by atoms with Gasteiger partial charge in [-0.3, -0.25) is 4.79 Å². The molecule has 1 fully saturated rings. The molecule has 0 bridgehead atoms. The third-order valence-corrected chi connectivity index (χ3v) is 3.10. The molecule has 5 nitrogen and oxygen atoms in total. The lowest BCUT2D eigenvalue weighted by molar-refractivity contribution is -0.143. The Hall–Kier alpha value is -2.04. The molecule has 1 heterocycles. The minimum absolute atomic E-state index is 0.114. The summed E-state index contributed by atoms with van der Waals surface area (Å²) in [5.41, 5.74) is 1.00. The van der Waals surface area contributed by atoms with Crippen molar-refractivity contribution in [1.82, 2.24) is 9.80 Å². The van der Waals surface area contributed by atoms with E-state index in [0.717, 1.165) is 5.56 Å². The zero-order valence-electron chi connectivity index (χ0n) is 10.2. The molecule has 1 aliphatic heterocycles. The highest BCUT2D eigenvalue weighted by Gasteiger charge is 2.33. The third kappa shape index (κ3) is 2.61. The maximum absolute atomic E-state index is 12.0. The molecular weight excluding hydrogens is 232 g/mol. The Bertz CT molecular complexity index is 447. The Kier molecular flexibility index (Phi) is 3.50. The second kappa shape index (κ2) is 5.08. The fourth-order valence-corrected chi connectivity index (χ4v) is 2.14. The van der Waals surface area contributed by atoms with Crippen LogP contribution in [0.5, 0.6) is 0 Å². The summed E-state index contributed by atoms with van der Waals surface area (Å²) in [6.07, 6.45) is 0. The predicted molar refractivity (Wildman–Crippen MR) is 66.0 cm³/mol. The highest BCUT2D eigenvalue weighted by Crippen LogP contribution is 2.16. The highest BCUT2D eigenvalue weighted by molar-refractivity contribution is 5.79. The van der Waals surface area contributed by atoms with Crippen molar-refractivity contribution in [3.63, 3.8) is 0 Å². The van der Waals surface area contributed by atoms with Crippen LogP contribution in [-0.2, 0) is 11.3 Å². The summed E-state index contributed by atoms with van der Waals surface area (Å²) in [5, 5.41) is 9.06. The molecule has 0 spiro atoms. The minimum Gasteiger partial charge on any atom is -0.481 e. The third-order valence-electron chi connectivity index (χ3n) is 3.10. The number of rotatable bonds is 3. The van der Waals surface area contributed by atoms with E-state index in [-0.39, 0.29) is 19.1 Å². The summed E-state index contributed by atoms with van der Waals surface area (Å²) in [5.74, 6) is -1.37. The number of carbonyl (C=O) groups is 2. The highest BCUT2D eigenvalue weighted by atomic mass is 16.4. The van der Waals surface area contributed by atoms with Gasteiger partial charge in [0.05, 0.1) is 5.92 Å². The van der Waals surface area contributed by atoms with Gasteiger partial charge < -0.3 is 14.9 Å². The Balaban J connectivity index is 2.10. The Morgan fingerprint density at radius 1 is 1.33 bits per heavy atom. The van der Waals surface area contributed by atoms with Gasteiger partial charge in [0.2, 0.25) is 0 Å². The molecule has 2 rings (SSSR count). The molecule has 1 saturated heterocycles. The smallest absolute Gasteiger partial charge is 0.320 e. The fourth-order valence-electron chi connectivity index (χ4n) is 2.14. The summed E-state index contributed by atoms with van der Waals surface area (Å²) in [7, 11) is 1.63. The van der Waals surface area contributed by atoms with E-state index in [2.05, 4.69) is 0 Å². The molecular formula is C13H16N2O3. The van der Waals surface area contributed by atoms with Gasteiger partial charge in [-0.15, -0.1) is 0 Å². The van der Waals surface area contributed by atoms with Crippen molar-refractivity contribution in [1.29, 1.82) is 0 Å². The SMILES string of the molecule is CN1CC(C(=O)O)CN(Cc2ccccc2)C1=O. The maximum Gasteiger partial charge on any atom is 0.320 e. The number of nitrogens with zero attached hydrogens (tertiary/aromatic N) is 2. The summed E-state index contributed by atoms with van der Waals surface area (Å²) < 4.78 is 0. The number of urea groups is 1. The number of aliphatic carboxylic acids is 1. The van der Waals surface area contributed by atoms with Crippen LogP contribution in [0.3, 0.4) is 0 Å². The van der Waals surface area contributed by atoms with Crippen molar-refractivity contribution in [2.75, 3.05) is 20.1 Å². The second-order valence-corrected chi connectivity index (χ2v) is 4.56. The zero-order chi connectivity index (χ0) is 13.1. The largest absolute Gasteiger partial charge is 0.481 e. The van der Waals surface area contributed by atoms with E-state index in [4.69, 9.17) is 5.11 Å². The fraction of sp³-hybridized carbons (Fsp3) is 0.385. The van der Waals surface area contributed by atoms with E-state index in [1.807, 2.05) is 30.3 Å². The molecule has 1 atom stereocenters. The van der Waals surface area contributed by atoms with Crippen molar-refractivity contribution < 1.29 is 14.7 Å². The molecule has 1 aromatic carbocycles. The van der Waals surface area contributed by atoms with Crippen LogP contribution in [0.4, 0.5) is 4.79 Å². The molecule has 1 aliphatic rings. The van der Waals surface area contributed by atoms with Crippen LogP contribution in [0.15, 0.2) is 30.3 Å². The Labute approximate surface area is 106 Å². The van der Waals surface area contributed by atoms with Gasteiger partial charge in [-0.2, -0.15) is 0 Å². The van der Waals surface area contributed by atoms with Crippen molar-refractivity contribution >= 4 is 12.0 Å². The number of hydrogen-bond acceptors (Lipinski definition) is 2. The number of carboxylic acid groups (broad SMARTS) is 1. The number of hydrogen-bond donors (Lipinski definition) is 1. The van der Waals surface area contributed by atoms with E-state index in [1.54, 1.807) is 11.9 Å². The van der Waals surface area contributed by atoms with E-state index in [0.29, 0.717) is 6.54 Å². The normalized spacial score (nSPS) is 20.1. The topological polar surface area (TPSA) is 60.9 Å². The molecule has 2 amide bonds. The monoisotopic (exact) mass is 248 g/mol. The summed E-state index contributed by atoms with van der Waals surface area (Å²) >= 11 is 0. The van der Waals surface area contributed by atoms with Crippen LogP contribution in [0.2, 0.25) is 0 Å². The van der Waals surface area contributed by atoms with Gasteiger partial charge in [0, 0.05) is 26.7 Å². The van der Waals surface area contributed by atoms with Gasteiger partial charge in [-0.05, 0) is 5.56 Å². The maximum atomic E-state index is 12.0. The lowest BCUT2D eigenvalue weighted by Gasteiger charge is -2.36. The van der Waals surface area contributed by atoms with Crippen molar-refractivity contribution in [3.8, 4) is 0 Å². The Morgan fingerprint density at radius 2 is 2.00 bits per heavy atom. The lowest BCUT2D eigenvalue weighted by atomic mass is 10.1. The molecule has 18 heavy (non-hydrogen) atoms. The van der Waals surface area contributed by atoms with E-state index >= 15 is 0 Å². The van der Waals surface area contributed by atoms with Gasteiger partial charge in [0.15, 0.2) is 0 Å². The molecule has 0 aliphatic carbocycles. The van der Waals surface area contributed by atoms with Crippen LogP contribution in [0.25, 0.3) is 0 Å². The van der Waals surface area contributed by atoms with Crippen molar-refractivity contribution in [3.05, 3.63) is 35.9 Å². The molecule has 5 heteroatoms. The quantitative estimate of drug-likeness (QED) is 0.875. The molecule has 1 N–H and O–H groups in total. The predicted octanol–water partition coefficient (Wildman–Crippen LogP) is 1.25. The van der Waals surface area contributed by atoms with Crippen LogP contribution in [0, 0.1) is 5.92 Å². The van der Waals surface area contributed by atoms with Gasteiger partial charge in [0.25, 0.3) is 0 Å². The van der Waals surface area contributed by atoms with Gasteiger partial charge in [0.1, 0.15) is 0 Å². The van der Waals surface area contributed by atoms with Crippen LogP contribution in [0.1, 0.15) is 5.56 Å². The van der Waals surface area contributed by atoms with E-state index in [9.17, 15) is 9.59 Å². The molecule has 0 saturated carbocycles. The van der Waals surface area contributed by atoms with E-state index in [1.165, 1.54) is 4.90 Å². The number of carboxylic acids is 1. The zero-order valence-corrected chi connectivity index (χ0v) is 10.2. The van der Waals surface area contributed by atoms with Crippen molar-refractivity contribution in [2.24, 2.45) is 5.92 Å². The molecule has 0 aromatic heterocycles. The Morgan fingerprint density at radius 3 is 2.61 bits per heavy atom. The number of benzene rings is 1. The first-order chi connectivity index (χ1) is 8.58. The minimum atomic E-state index is -0.854. The molecule has 1 unspecified atom stereocenters. The standard InChI is InChI=1S/C13H16N2O3/c1-14-8-11(12(16)17)9-15(13(14)18)7-10-5-3-2-4-6-10/h2-6,11H,7-9H2,1H3,(H,16,17). The van der Waals surface area contributed by atoms with Gasteiger partial charge in [-0.1, -0.05) is 30.3 Å². The van der Waals surface area contributed by atoms with Crippen molar-refractivity contribution in [2.45, 2.75) is 6.54 Å². The summed E-state index contributed by atoms with van der Waals surface area (Å²) in [6, 6.07) is 9.46. The molecule has 1 aromatic rings. The first-order valence-corrected chi connectivity index (χ1v) is 5.84. The first kappa shape index (κ1) is 12.4. The van der Waals surface area contributed by atoms with E-state index < -0.39 is 11.9 Å². The van der Waals surface area contributed by atoms with Crippen LogP contribution < -0.4 is 0 Å². The van der Waals surface area contributed by atoms with Crippen LogP contribution in [-0.4, -0.2) is 47.0 Å². The first-order valence-electron chi connectivity index (χ1n) is 5.84. The van der Waals surface area contributed by atoms with Crippen LogP contribution >= 0.6 is 0 Å². The summed E-state index contributed by atoms with van der Waals surface area (Å²) in [4.78, 5) is 26.0. The molecule has 96 valence electrons. The average Bonchev–Trinajstić information content (AvgIpc) is 2.35. The second-order valence-electron chi connectivity index (χ2n) is 4.56. The number of amides is 2. The lowest BCUT2D eigenvalue weighted by Crippen LogP contribution is -2.53.